The fraction of sp³-hybridized carbons (Fsp3) is 0.308. The first kappa shape index (κ1) is 12.0. The maximum atomic E-state index is 11.3. The Hall–Kier alpha value is -1.47. The lowest BCUT2D eigenvalue weighted by Gasteiger charge is -2.09. The van der Waals surface area contributed by atoms with Gasteiger partial charge in [-0.05, 0) is 30.5 Å². The molecule has 4 heteroatoms. The topological polar surface area (TPSA) is 38.3 Å². The lowest BCUT2D eigenvalue weighted by molar-refractivity contribution is -0.115. The second kappa shape index (κ2) is 5.24. The quantitative estimate of drug-likeness (QED) is 0.848. The zero-order chi connectivity index (χ0) is 12.3. The Balaban J connectivity index is 2.15. The van der Waals surface area contributed by atoms with E-state index in [0.29, 0.717) is 13.2 Å². The number of nitrogens with one attached hydrogen (secondary N) is 1. The predicted octanol–water partition coefficient (Wildman–Crippen LogP) is 2.02. The molecule has 0 atom stereocenters. The van der Waals surface area contributed by atoms with Crippen LogP contribution in [0.2, 0.25) is 0 Å². The Labute approximate surface area is 109 Å². The minimum Gasteiger partial charge on any atom is -0.493 e. The Bertz CT molecular complexity index is 514. The van der Waals surface area contributed by atoms with E-state index in [4.69, 9.17) is 4.74 Å². The van der Waals surface area contributed by atoms with Gasteiger partial charge in [0.25, 0.3) is 5.91 Å². The Morgan fingerprint density at radius 3 is 3.18 bits per heavy atom. The van der Waals surface area contributed by atoms with Gasteiger partial charge in [0, 0.05) is 23.0 Å². The summed E-state index contributed by atoms with van der Waals surface area (Å²) in [6.07, 6.45) is 0.921. The monoisotopic (exact) mass is 293 g/mol. The number of amides is 1. The molecule has 1 aromatic rings. The molecular formula is C13H12BrNO2. The van der Waals surface area contributed by atoms with Gasteiger partial charge in [0.1, 0.15) is 5.75 Å². The van der Waals surface area contributed by atoms with E-state index in [1.807, 2.05) is 6.07 Å². The van der Waals surface area contributed by atoms with E-state index >= 15 is 0 Å². The molecule has 0 fully saturated rings. The van der Waals surface area contributed by atoms with Crippen LogP contribution in [0.15, 0.2) is 16.6 Å². The average Bonchev–Trinajstić information content (AvgIpc) is 2.74. The Kier molecular flexibility index (Phi) is 3.70. The first-order valence-corrected chi connectivity index (χ1v) is 6.14. The van der Waals surface area contributed by atoms with Crippen molar-refractivity contribution in [1.29, 1.82) is 0 Å². The van der Waals surface area contributed by atoms with E-state index in [1.165, 1.54) is 5.56 Å². The van der Waals surface area contributed by atoms with Crippen LogP contribution in [0.25, 0.3) is 0 Å². The van der Waals surface area contributed by atoms with E-state index in [1.54, 1.807) is 6.92 Å². The molecule has 1 aliphatic heterocycles. The van der Waals surface area contributed by atoms with E-state index in [9.17, 15) is 4.79 Å². The number of halogens is 1. The van der Waals surface area contributed by atoms with Crippen molar-refractivity contribution in [2.24, 2.45) is 0 Å². The summed E-state index contributed by atoms with van der Waals surface area (Å²) >= 11 is 3.46. The molecule has 0 aromatic heterocycles. The first-order valence-electron chi connectivity index (χ1n) is 5.35. The van der Waals surface area contributed by atoms with Gasteiger partial charge in [-0.1, -0.05) is 21.9 Å². The second-order valence-electron chi connectivity index (χ2n) is 3.71. The minimum absolute atomic E-state index is 0.265. The van der Waals surface area contributed by atoms with E-state index in [2.05, 4.69) is 39.2 Å². The van der Waals surface area contributed by atoms with Crippen molar-refractivity contribution in [1.82, 2.24) is 5.32 Å². The zero-order valence-corrected chi connectivity index (χ0v) is 11.1. The molecule has 17 heavy (non-hydrogen) atoms. The lowest BCUT2D eigenvalue weighted by Crippen LogP contribution is -2.21. The van der Waals surface area contributed by atoms with Gasteiger partial charge in [0.05, 0.1) is 6.61 Å². The average molecular weight is 294 g/mol. The van der Waals surface area contributed by atoms with Crippen molar-refractivity contribution in [3.8, 4) is 17.6 Å². The van der Waals surface area contributed by atoms with Gasteiger partial charge < -0.3 is 10.1 Å². The smallest absolute Gasteiger partial charge is 0.296 e. The summed E-state index contributed by atoms with van der Waals surface area (Å²) in [5, 5.41) is 2.74. The van der Waals surface area contributed by atoms with Crippen molar-refractivity contribution in [3.63, 3.8) is 0 Å². The lowest BCUT2D eigenvalue weighted by atomic mass is 10.1. The summed E-state index contributed by atoms with van der Waals surface area (Å²) in [5.74, 6) is 5.65. The summed E-state index contributed by atoms with van der Waals surface area (Å²) in [4.78, 5) is 11.3. The molecule has 1 N–H and O–H groups in total. The summed E-state index contributed by atoms with van der Waals surface area (Å²) < 4.78 is 6.58. The standard InChI is InChI=1S/C13H12BrNO2/c1-2-3-12(16)15-8-10-7-11(14)6-9-4-5-17-13(9)10/h6-7H,4-5,8H2,1H3,(H,15,16). The third-order valence-electron chi connectivity index (χ3n) is 2.50. The Morgan fingerprint density at radius 2 is 2.41 bits per heavy atom. The SMILES string of the molecule is CC#CC(=O)NCc1cc(Br)cc2c1OCC2. The van der Waals surface area contributed by atoms with Crippen LogP contribution in [-0.2, 0) is 17.8 Å². The molecule has 1 aliphatic rings. The number of benzene rings is 1. The molecule has 0 unspecified atom stereocenters. The van der Waals surface area contributed by atoms with Gasteiger partial charge >= 0.3 is 0 Å². The molecule has 0 bridgehead atoms. The minimum atomic E-state index is -0.265. The molecule has 1 amide bonds. The van der Waals surface area contributed by atoms with Crippen LogP contribution in [0.1, 0.15) is 18.1 Å². The molecule has 0 aliphatic carbocycles. The number of fused-ring (bicyclic) bond motifs is 1. The molecule has 1 heterocycles. The van der Waals surface area contributed by atoms with Gasteiger partial charge in [-0.3, -0.25) is 4.79 Å². The fourth-order valence-electron chi connectivity index (χ4n) is 1.81. The highest BCUT2D eigenvalue weighted by Gasteiger charge is 2.17. The number of ether oxygens (including phenoxy) is 1. The van der Waals surface area contributed by atoms with Crippen molar-refractivity contribution < 1.29 is 9.53 Å². The normalized spacial score (nSPS) is 12.1. The molecular weight excluding hydrogens is 282 g/mol. The van der Waals surface area contributed by atoms with E-state index < -0.39 is 0 Å². The van der Waals surface area contributed by atoms with Crippen LogP contribution in [-0.4, -0.2) is 12.5 Å². The van der Waals surface area contributed by atoms with E-state index in [-0.39, 0.29) is 5.91 Å². The van der Waals surface area contributed by atoms with Crippen LogP contribution in [0.4, 0.5) is 0 Å². The van der Waals surface area contributed by atoms with Gasteiger partial charge in [-0.25, -0.2) is 0 Å². The summed E-state index contributed by atoms with van der Waals surface area (Å²) in [5.41, 5.74) is 2.17. The largest absolute Gasteiger partial charge is 0.493 e. The van der Waals surface area contributed by atoms with Crippen molar-refractivity contribution >= 4 is 21.8 Å². The van der Waals surface area contributed by atoms with Crippen LogP contribution in [0.5, 0.6) is 5.75 Å². The molecule has 88 valence electrons. The molecule has 0 radical (unpaired) electrons. The number of hydrogen-bond acceptors (Lipinski definition) is 2. The number of carbonyl (C=O) groups is 1. The predicted molar refractivity (Wildman–Crippen MR) is 68.6 cm³/mol. The molecule has 0 saturated heterocycles. The van der Waals surface area contributed by atoms with E-state index in [0.717, 1.165) is 22.2 Å². The van der Waals surface area contributed by atoms with Crippen LogP contribution in [0.3, 0.4) is 0 Å². The molecule has 0 saturated carbocycles. The van der Waals surface area contributed by atoms with Crippen LogP contribution in [0, 0.1) is 11.8 Å². The molecule has 0 spiro atoms. The molecule has 1 aromatic carbocycles. The third-order valence-corrected chi connectivity index (χ3v) is 2.96. The summed E-state index contributed by atoms with van der Waals surface area (Å²) in [7, 11) is 0. The highest BCUT2D eigenvalue weighted by molar-refractivity contribution is 9.10. The van der Waals surface area contributed by atoms with Gasteiger partial charge in [0.15, 0.2) is 0 Å². The third kappa shape index (κ3) is 2.80. The van der Waals surface area contributed by atoms with Crippen molar-refractivity contribution in [2.75, 3.05) is 6.61 Å². The Morgan fingerprint density at radius 1 is 1.59 bits per heavy atom. The second-order valence-corrected chi connectivity index (χ2v) is 4.62. The zero-order valence-electron chi connectivity index (χ0n) is 9.47. The van der Waals surface area contributed by atoms with Gasteiger partial charge in [0.2, 0.25) is 0 Å². The number of rotatable bonds is 2. The highest BCUT2D eigenvalue weighted by atomic mass is 79.9. The van der Waals surface area contributed by atoms with Crippen LogP contribution >= 0.6 is 15.9 Å². The highest BCUT2D eigenvalue weighted by Crippen LogP contribution is 2.32. The fourth-order valence-corrected chi connectivity index (χ4v) is 2.36. The van der Waals surface area contributed by atoms with Gasteiger partial charge in [-0.2, -0.15) is 0 Å². The maximum absolute atomic E-state index is 11.3. The molecule has 3 nitrogen and oxygen atoms in total. The number of hydrogen-bond donors (Lipinski definition) is 1. The van der Waals surface area contributed by atoms with Crippen molar-refractivity contribution in [2.45, 2.75) is 19.9 Å². The van der Waals surface area contributed by atoms with Gasteiger partial charge in [-0.15, -0.1) is 0 Å². The summed E-state index contributed by atoms with van der Waals surface area (Å²) in [6, 6.07) is 4.02. The maximum Gasteiger partial charge on any atom is 0.296 e. The summed E-state index contributed by atoms with van der Waals surface area (Å²) in [6.45, 7) is 2.79. The van der Waals surface area contributed by atoms with Crippen LogP contribution < -0.4 is 10.1 Å². The number of carbonyl (C=O) groups excluding carboxylic acids is 1. The molecule has 2 rings (SSSR count). The first-order chi connectivity index (χ1) is 8.20. The van der Waals surface area contributed by atoms with Crippen molar-refractivity contribution in [3.05, 3.63) is 27.7 Å².